The maximum Gasteiger partial charge on any atom is 0.0785 e. The van der Waals surface area contributed by atoms with Crippen LogP contribution in [0.1, 0.15) is 89.9 Å². The summed E-state index contributed by atoms with van der Waals surface area (Å²) in [7, 11) is 4.01. The lowest BCUT2D eigenvalue weighted by molar-refractivity contribution is -0.0322. The second kappa shape index (κ2) is 20.7. The van der Waals surface area contributed by atoms with E-state index in [1.54, 1.807) is 0 Å². The quantitative estimate of drug-likeness (QED) is 0.0878. The van der Waals surface area contributed by atoms with Crippen molar-refractivity contribution in [3.05, 3.63) is 0 Å². The zero-order valence-electron chi connectivity index (χ0n) is 22.1. The van der Waals surface area contributed by atoms with Crippen LogP contribution in [-0.2, 0) is 0 Å². The standard InChI is InChI=1S/C26H55NO8/c1-27(2)21(13-22(32)17-28)11-9-7-5-3-4-6-8-10-12-26(14-23(33)18-29,15-24(34)19-30)16-25(35)20-31/h21-25,28-35H,3-20H2,1-2H3. The molecule has 0 aliphatic rings. The second-order valence-electron chi connectivity index (χ2n) is 10.7. The van der Waals surface area contributed by atoms with Crippen molar-refractivity contribution in [1.29, 1.82) is 0 Å². The van der Waals surface area contributed by atoms with E-state index >= 15 is 0 Å². The minimum absolute atomic E-state index is 0.195. The molecule has 0 amide bonds. The first-order valence-corrected chi connectivity index (χ1v) is 13.4. The summed E-state index contributed by atoms with van der Waals surface area (Å²) in [5.74, 6) is 0. The lowest BCUT2D eigenvalue weighted by atomic mass is 9.70. The van der Waals surface area contributed by atoms with Crippen LogP contribution in [0.4, 0.5) is 0 Å². The van der Waals surface area contributed by atoms with E-state index in [2.05, 4.69) is 4.90 Å². The first kappa shape index (κ1) is 34.6. The molecule has 0 fully saturated rings. The Labute approximate surface area is 212 Å². The molecule has 9 heteroatoms. The molecule has 0 bridgehead atoms. The molecule has 0 aliphatic heterocycles. The van der Waals surface area contributed by atoms with Crippen LogP contribution in [0, 0.1) is 5.41 Å². The highest BCUT2D eigenvalue weighted by molar-refractivity contribution is 4.87. The van der Waals surface area contributed by atoms with E-state index in [0.717, 1.165) is 57.8 Å². The van der Waals surface area contributed by atoms with Gasteiger partial charge in [0.2, 0.25) is 0 Å². The summed E-state index contributed by atoms with van der Waals surface area (Å²) in [5, 5.41) is 76.9. The third kappa shape index (κ3) is 16.9. The summed E-state index contributed by atoms with van der Waals surface area (Å²) in [6.45, 7) is -1.44. The van der Waals surface area contributed by atoms with E-state index in [9.17, 15) is 35.7 Å². The predicted molar refractivity (Wildman–Crippen MR) is 137 cm³/mol. The molecule has 0 aromatic carbocycles. The minimum atomic E-state index is -0.981. The maximum absolute atomic E-state index is 10.1. The average Bonchev–Trinajstić information content (AvgIpc) is 2.83. The normalized spacial score (nSPS) is 18.3. The smallest absolute Gasteiger partial charge is 0.0785 e. The highest BCUT2D eigenvalue weighted by Crippen LogP contribution is 2.40. The third-order valence-electron chi connectivity index (χ3n) is 7.12. The number of unbranched alkanes of at least 4 members (excludes halogenated alkanes) is 7. The van der Waals surface area contributed by atoms with Crippen LogP contribution in [0.15, 0.2) is 0 Å². The lowest BCUT2D eigenvalue weighted by Crippen LogP contribution is -2.37. The SMILES string of the molecule is CN(C)C(CCCCCCCCCCC(CC(O)CO)(CC(O)CO)CC(O)CO)CC(O)CO. The molecule has 0 aromatic rings. The lowest BCUT2D eigenvalue weighted by Gasteiger charge is -2.38. The van der Waals surface area contributed by atoms with Crippen molar-refractivity contribution in [2.45, 2.75) is 120 Å². The van der Waals surface area contributed by atoms with Crippen LogP contribution in [0.3, 0.4) is 0 Å². The molecular formula is C26H55NO8. The molecule has 35 heavy (non-hydrogen) atoms. The predicted octanol–water partition coefficient (Wildman–Crippen LogP) is 0.777. The first-order valence-electron chi connectivity index (χ1n) is 13.4. The van der Waals surface area contributed by atoms with Crippen molar-refractivity contribution >= 4 is 0 Å². The Morgan fingerprint density at radius 1 is 0.543 bits per heavy atom. The summed E-state index contributed by atoms with van der Waals surface area (Å²) in [6.07, 6.45) is 7.73. The van der Waals surface area contributed by atoms with Crippen LogP contribution >= 0.6 is 0 Å². The number of rotatable bonds is 24. The van der Waals surface area contributed by atoms with E-state index in [4.69, 9.17) is 5.11 Å². The van der Waals surface area contributed by atoms with E-state index in [-0.39, 0.29) is 31.9 Å². The van der Waals surface area contributed by atoms with Crippen molar-refractivity contribution in [2.24, 2.45) is 5.41 Å². The highest BCUT2D eigenvalue weighted by Gasteiger charge is 2.36. The molecule has 9 nitrogen and oxygen atoms in total. The Kier molecular flexibility index (Phi) is 20.5. The molecule has 0 radical (unpaired) electrons. The van der Waals surface area contributed by atoms with E-state index in [1.165, 1.54) is 0 Å². The van der Waals surface area contributed by atoms with E-state index in [0.29, 0.717) is 12.8 Å². The summed E-state index contributed by atoms with van der Waals surface area (Å²) < 4.78 is 0. The van der Waals surface area contributed by atoms with Gasteiger partial charge in [-0.1, -0.05) is 51.4 Å². The van der Waals surface area contributed by atoms with Crippen LogP contribution in [-0.4, -0.2) is 117 Å². The molecule has 0 spiro atoms. The number of hydrogen-bond acceptors (Lipinski definition) is 9. The van der Waals surface area contributed by atoms with Crippen LogP contribution in [0.25, 0.3) is 0 Å². The summed E-state index contributed by atoms with van der Waals surface area (Å²) >= 11 is 0. The zero-order chi connectivity index (χ0) is 26.7. The molecule has 0 rings (SSSR count). The van der Waals surface area contributed by atoms with Crippen molar-refractivity contribution in [3.8, 4) is 0 Å². The van der Waals surface area contributed by atoms with Gasteiger partial charge in [0.15, 0.2) is 0 Å². The van der Waals surface area contributed by atoms with Gasteiger partial charge in [0.05, 0.1) is 50.8 Å². The van der Waals surface area contributed by atoms with Crippen molar-refractivity contribution in [3.63, 3.8) is 0 Å². The fourth-order valence-electron chi connectivity index (χ4n) is 5.17. The van der Waals surface area contributed by atoms with Gasteiger partial charge in [-0.2, -0.15) is 0 Å². The van der Waals surface area contributed by atoms with Gasteiger partial charge in [-0.05, 0) is 58.0 Å². The van der Waals surface area contributed by atoms with Crippen molar-refractivity contribution in [2.75, 3.05) is 40.5 Å². The minimum Gasteiger partial charge on any atom is -0.394 e. The van der Waals surface area contributed by atoms with Gasteiger partial charge >= 0.3 is 0 Å². The molecular weight excluding hydrogens is 454 g/mol. The number of aliphatic hydroxyl groups is 8. The van der Waals surface area contributed by atoms with Gasteiger partial charge in [0.25, 0.3) is 0 Å². The zero-order valence-corrected chi connectivity index (χ0v) is 22.1. The maximum atomic E-state index is 10.1. The van der Waals surface area contributed by atoms with Gasteiger partial charge < -0.3 is 45.8 Å². The monoisotopic (exact) mass is 509 g/mol. The van der Waals surface area contributed by atoms with Gasteiger partial charge in [-0.3, -0.25) is 0 Å². The number of nitrogens with zero attached hydrogens (tertiary/aromatic N) is 1. The summed E-state index contributed by atoms with van der Waals surface area (Å²) in [4.78, 5) is 2.11. The fraction of sp³-hybridized carbons (Fsp3) is 1.00. The molecule has 0 aliphatic carbocycles. The summed E-state index contributed by atoms with van der Waals surface area (Å²) in [5.41, 5.74) is -0.668. The number of aliphatic hydroxyl groups excluding tert-OH is 8. The molecule has 0 saturated heterocycles. The van der Waals surface area contributed by atoms with Crippen molar-refractivity contribution in [1.82, 2.24) is 4.90 Å². The van der Waals surface area contributed by atoms with Gasteiger partial charge in [-0.25, -0.2) is 0 Å². The third-order valence-corrected chi connectivity index (χ3v) is 7.12. The Bertz CT molecular complexity index is 451. The van der Waals surface area contributed by atoms with Crippen LogP contribution in [0.2, 0.25) is 0 Å². The molecule has 0 aromatic heterocycles. The Morgan fingerprint density at radius 3 is 1.29 bits per heavy atom. The molecule has 0 saturated carbocycles. The Morgan fingerprint density at radius 2 is 0.914 bits per heavy atom. The van der Waals surface area contributed by atoms with E-state index in [1.807, 2.05) is 14.1 Å². The molecule has 5 unspecified atom stereocenters. The topological polar surface area (TPSA) is 165 Å². The largest absolute Gasteiger partial charge is 0.394 e. The second-order valence-corrected chi connectivity index (χ2v) is 10.7. The molecule has 0 heterocycles. The molecule has 212 valence electrons. The Balaban J connectivity index is 4.39. The van der Waals surface area contributed by atoms with Gasteiger partial charge in [0.1, 0.15) is 0 Å². The highest BCUT2D eigenvalue weighted by atomic mass is 16.3. The molecule has 8 N–H and O–H groups in total. The van der Waals surface area contributed by atoms with Crippen molar-refractivity contribution < 1.29 is 40.9 Å². The Hall–Kier alpha value is -0.360. The first-order chi connectivity index (χ1) is 16.6. The van der Waals surface area contributed by atoms with Crippen LogP contribution < -0.4 is 0 Å². The van der Waals surface area contributed by atoms with E-state index < -0.39 is 49.7 Å². The number of hydrogen-bond donors (Lipinski definition) is 8. The molecule has 5 atom stereocenters. The van der Waals surface area contributed by atoms with Crippen LogP contribution in [0.5, 0.6) is 0 Å². The van der Waals surface area contributed by atoms with Gasteiger partial charge in [-0.15, -0.1) is 0 Å². The fourth-order valence-corrected chi connectivity index (χ4v) is 5.17. The van der Waals surface area contributed by atoms with Gasteiger partial charge in [0, 0.05) is 6.04 Å². The summed E-state index contributed by atoms with van der Waals surface area (Å²) in [6, 6.07) is 0.274. The average molecular weight is 510 g/mol.